The van der Waals surface area contributed by atoms with Gasteiger partial charge in [-0.3, -0.25) is 0 Å². The Morgan fingerprint density at radius 1 is 0.773 bits per heavy atom. The molecule has 7 atom stereocenters. The van der Waals surface area contributed by atoms with Gasteiger partial charge in [-0.25, -0.2) is 0 Å². The highest BCUT2D eigenvalue weighted by Crippen LogP contribution is 2.70. The first-order valence-electron chi connectivity index (χ1n) is 10.4. The fourth-order valence-electron chi connectivity index (χ4n) is 8.38. The Balaban J connectivity index is 1.66. The van der Waals surface area contributed by atoms with Gasteiger partial charge in [-0.1, -0.05) is 47.0 Å². The van der Waals surface area contributed by atoms with E-state index in [9.17, 15) is 0 Å². The van der Waals surface area contributed by atoms with Gasteiger partial charge < -0.3 is 0 Å². The lowest BCUT2D eigenvalue weighted by Crippen LogP contribution is -2.56. The first-order valence-corrected chi connectivity index (χ1v) is 10.4. The average molecular weight is 303 g/mol. The zero-order valence-corrected chi connectivity index (χ0v) is 15.6. The lowest BCUT2D eigenvalue weighted by atomic mass is 9.40. The monoisotopic (exact) mass is 302 g/mol. The Bertz CT molecular complexity index is 439. The Labute approximate surface area is 138 Å². The van der Waals surface area contributed by atoms with E-state index in [1.165, 1.54) is 44.9 Å². The van der Waals surface area contributed by atoms with E-state index in [0.29, 0.717) is 16.2 Å². The molecule has 0 amide bonds. The quantitative estimate of drug-likeness (QED) is 0.497. The third kappa shape index (κ3) is 1.82. The molecule has 4 rings (SSSR count). The van der Waals surface area contributed by atoms with Crippen molar-refractivity contribution in [1.82, 2.24) is 0 Å². The molecule has 0 N–H and O–H groups in total. The van der Waals surface area contributed by atoms with E-state index < -0.39 is 0 Å². The molecule has 7 unspecified atom stereocenters. The van der Waals surface area contributed by atoms with E-state index in [4.69, 9.17) is 0 Å². The molecule has 0 aromatic heterocycles. The maximum Gasteiger partial charge on any atom is -0.0241 e. The summed E-state index contributed by atoms with van der Waals surface area (Å²) >= 11 is 0. The first-order chi connectivity index (χ1) is 10.4. The highest BCUT2D eigenvalue weighted by Gasteiger charge is 2.62. The molecular weight excluding hydrogens is 264 g/mol. The van der Waals surface area contributed by atoms with Crippen LogP contribution in [0.2, 0.25) is 0 Å². The molecule has 0 aliphatic heterocycles. The number of rotatable bonds is 1. The zero-order chi connectivity index (χ0) is 15.6. The maximum atomic E-state index is 2.72. The van der Waals surface area contributed by atoms with E-state index in [2.05, 4.69) is 27.7 Å². The molecule has 0 bridgehead atoms. The molecule has 4 aliphatic rings. The van der Waals surface area contributed by atoms with Crippen molar-refractivity contribution in [3.05, 3.63) is 0 Å². The Morgan fingerprint density at radius 2 is 1.55 bits per heavy atom. The SMILES string of the molecule is CCC1CCC2C3CCC4(C)CCCCC4(C)C3CCC12C. The third-order valence-electron chi connectivity index (χ3n) is 10.0. The van der Waals surface area contributed by atoms with Crippen molar-refractivity contribution in [3.63, 3.8) is 0 Å². The van der Waals surface area contributed by atoms with Gasteiger partial charge in [-0.2, -0.15) is 0 Å². The third-order valence-corrected chi connectivity index (χ3v) is 10.0. The molecule has 22 heavy (non-hydrogen) atoms. The summed E-state index contributed by atoms with van der Waals surface area (Å²) in [5, 5.41) is 0. The van der Waals surface area contributed by atoms with Crippen LogP contribution in [-0.4, -0.2) is 0 Å². The van der Waals surface area contributed by atoms with Gasteiger partial charge in [-0.05, 0) is 91.3 Å². The van der Waals surface area contributed by atoms with Crippen LogP contribution in [0.5, 0.6) is 0 Å². The summed E-state index contributed by atoms with van der Waals surface area (Å²) in [5.74, 6) is 4.23. The molecule has 0 aromatic rings. The molecule has 4 saturated carbocycles. The van der Waals surface area contributed by atoms with Gasteiger partial charge in [0.05, 0.1) is 0 Å². The number of hydrogen-bond acceptors (Lipinski definition) is 0. The van der Waals surface area contributed by atoms with Gasteiger partial charge in [0.15, 0.2) is 0 Å². The molecule has 0 heteroatoms. The summed E-state index contributed by atoms with van der Waals surface area (Å²) in [4.78, 5) is 0. The zero-order valence-electron chi connectivity index (χ0n) is 15.6. The molecule has 4 fully saturated rings. The molecular formula is C22H38. The van der Waals surface area contributed by atoms with E-state index in [1.807, 2.05) is 0 Å². The van der Waals surface area contributed by atoms with Crippen LogP contribution in [-0.2, 0) is 0 Å². The standard InChI is InChI=1S/C22H38/c1-5-16-8-9-18-17-10-14-20(2)12-6-7-13-22(20,4)19(17)11-15-21(16,18)3/h16-19H,5-15H2,1-4H3. The second-order valence-corrected chi connectivity index (χ2v) is 10.3. The molecule has 126 valence electrons. The van der Waals surface area contributed by atoms with E-state index >= 15 is 0 Å². The van der Waals surface area contributed by atoms with E-state index in [0.717, 1.165) is 23.7 Å². The van der Waals surface area contributed by atoms with E-state index in [1.54, 1.807) is 25.7 Å². The highest BCUT2D eigenvalue weighted by atomic mass is 14.7. The Hall–Kier alpha value is 0. The second-order valence-electron chi connectivity index (χ2n) is 10.3. The smallest absolute Gasteiger partial charge is 0.0241 e. The summed E-state index contributed by atoms with van der Waals surface area (Å²) in [7, 11) is 0. The maximum absolute atomic E-state index is 2.72. The molecule has 0 saturated heterocycles. The predicted molar refractivity (Wildman–Crippen MR) is 94.7 cm³/mol. The molecule has 0 nitrogen and oxygen atoms in total. The Morgan fingerprint density at radius 3 is 2.32 bits per heavy atom. The van der Waals surface area contributed by atoms with Crippen LogP contribution >= 0.6 is 0 Å². The van der Waals surface area contributed by atoms with Gasteiger partial charge >= 0.3 is 0 Å². The van der Waals surface area contributed by atoms with Crippen molar-refractivity contribution in [1.29, 1.82) is 0 Å². The minimum atomic E-state index is 0.666. The largest absolute Gasteiger partial charge is 0.0651 e. The van der Waals surface area contributed by atoms with Crippen LogP contribution < -0.4 is 0 Å². The fourth-order valence-corrected chi connectivity index (χ4v) is 8.38. The van der Waals surface area contributed by atoms with Crippen molar-refractivity contribution in [3.8, 4) is 0 Å². The topological polar surface area (TPSA) is 0 Å². The fraction of sp³-hybridized carbons (Fsp3) is 1.00. The van der Waals surface area contributed by atoms with Gasteiger partial charge in [-0.15, -0.1) is 0 Å². The van der Waals surface area contributed by atoms with Crippen LogP contribution in [0.3, 0.4) is 0 Å². The van der Waals surface area contributed by atoms with Crippen LogP contribution in [0.15, 0.2) is 0 Å². The van der Waals surface area contributed by atoms with Gasteiger partial charge in [0.2, 0.25) is 0 Å². The number of hydrogen-bond donors (Lipinski definition) is 0. The van der Waals surface area contributed by atoms with Crippen LogP contribution in [0.4, 0.5) is 0 Å². The minimum Gasteiger partial charge on any atom is -0.0651 e. The van der Waals surface area contributed by atoms with Crippen LogP contribution in [0.1, 0.15) is 98.3 Å². The Kier molecular flexibility index (Phi) is 3.53. The lowest BCUT2D eigenvalue weighted by Gasteiger charge is -2.64. The highest BCUT2D eigenvalue weighted by molar-refractivity contribution is 5.11. The normalized spacial score (nSPS) is 57.8. The molecule has 0 spiro atoms. The van der Waals surface area contributed by atoms with Crippen molar-refractivity contribution in [2.24, 2.45) is 39.9 Å². The first kappa shape index (κ1) is 15.5. The summed E-state index contributed by atoms with van der Waals surface area (Å²) < 4.78 is 0. The van der Waals surface area contributed by atoms with Gasteiger partial charge in [0.25, 0.3) is 0 Å². The summed E-state index contributed by atoms with van der Waals surface area (Å²) in [6.45, 7) is 10.5. The molecule has 0 aromatic carbocycles. The molecule has 4 aliphatic carbocycles. The van der Waals surface area contributed by atoms with Gasteiger partial charge in [0, 0.05) is 0 Å². The predicted octanol–water partition coefficient (Wildman–Crippen LogP) is 6.84. The van der Waals surface area contributed by atoms with Crippen molar-refractivity contribution in [2.75, 3.05) is 0 Å². The van der Waals surface area contributed by atoms with Gasteiger partial charge in [0.1, 0.15) is 0 Å². The average Bonchev–Trinajstić information content (AvgIpc) is 2.84. The van der Waals surface area contributed by atoms with Crippen molar-refractivity contribution >= 4 is 0 Å². The number of fused-ring (bicyclic) bond motifs is 5. The summed E-state index contributed by atoms with van der Waals surface area (Å²) in [5.41, 5.74) is 2.04. The van der Waals surface area contributed by atoms with Crippen molar-refractivity contribution < 1.29 is 0 Å². The lowest BCUT2D eigenvalue weighted by molar-refractivity contribution is -0.152. The molecule has 0 heterocycles. The van der Waals surface area contributed by atoms with E-state index in [-0.39, 0.29) is 0 Å². The van der Waals surface area contributed by atoms with Crippen LogP contribution in [0, 0.1) is 39.9 Å². The second kappa shape index (κ2) is 5.00. The summed E-state index contributed by atoms with van der Waals surface area (Å²) in [6.07, 6.45) is 16.8. The van der Waals surface area contributed by atoms with Crippen LogP contribution in [0.25, 0.3) is 0 Å². The summed E-state index contributed by atoms with van der Waals surface area (Å²) in [6, 6.07) is 0. The van der Waals surface area contributed by atoms with Crippen molar-refractivity contribution in [2.45, 2.75) is 98.3 Å². The molecule has 0 radical (unpaired) electrons. The minimum absolute atomic E-state index is 0.666.